The summed E-state index contributed by atoms with van der Waals surface area (Å²) in [4.78, 5) is 5.93. The summed E-state index contributed by atoms with van der Waals surface area (Å²) in [6, 6.07) is 0. The van der Waals surface area contributed by atoms with Crippen LogP contribution in [0.1, 0.15) is 13.8 Å². The first-order chi connectivity index (χ1) is 5.90. The standard InChI is InChI=1S/C9H20N4/c1-9(2,11-3)8(10)12-6-7-13(4)5/h3,6-7H2,1-2,4-5H3,(H2,10,12). The molecule has 76 valence electrons. The van der Waals surface area contributed by atoms with E-state index in [0.29, 0.717) is 5.84 Å². The van der Waals surface area contributed by atoms with Gasteiger partial charge in [0.25, 0.3) is 0 Å². The van der Waals surface area contributed by atoms with Gasteiger partial charge in [0.1, 0.15) is 11.4 Å². The van der Waals surface area contributed by atoms with Crippen LogP contribution < -0.4 is 5.32 Å². The second kappa shape index (κ2) is 4.97. The Labute approximate surface area is 80.5 Å². The van der Waals surface area contributed by atoms with E-state index in [2.05, 4.69) is 21.9 Å². The van der Waals surface area contributed by atoms with Crippen LogP contribution in [0.25, 0.3) is 0 Å². The van der Waals surface area contributed by atoms with Gasteiger partial charge in [-0.05, 0) is 34.7 Å². The molecule has 4 heteroatoms. The van der Waals surface area contributed by atoms with Crippen LogP contribution in [0.2, 0.25) is 0 Å². The minimum Gasteiger partial charge on any atom is -0.371 e. The van der Waals surface area contributed by atoms with Gasteiger partial charge in [0, 0.05) is 13.1 Å². The molecule has 0 atom stereocenters. The van der Waals surface area contributed by atoms with Crippen molar-refractivity contribution >= 4 is 12.6 Å². The molecule has 2 N–H and O–H groups in total. The lowest BCUT2D eigenvalue weighted by molar-refractivity contribution is 0.410. The fraction of sp³-hybridized carbons (Fsp3) is 0.778. The average Bonchev–Trinajstić information content (AvgIpc) is 2.03. The lowest BCUT2D eigenvalue weighted by atomic mass is 10.1. The molecule has 0 aliphatic heterocycles. The smallest absolute Gasteiger partial charge is 0.121 e. The molecule has 0 aromatic carbocycles. The molecule has 4 nitrogen and oxygen atoms in total. The van der Waals surface area contributed by atoms with Crippen molar-refractivity contribution in [1.29, 1.82) is 5.41 Å². The summed E-state index contributed by atoms with van der Waals surface area (Å²) in [5.74, 6) is 0.421. The molecule has 0 aliphatic rings. The average molecular weight is 184 g/mol. The van der Waals surface area contributed by atoms with Crippen LogP contribution in [0.3, 0.4) is 0 Å². The predicted molar refractivity (Wildman–Crippen MR) is 57.9 cm³/mol. The van der Waals surface area contributed by atoms with E-state index in [1.54, 1.807) is 0 Å². The zero-order valence-electron chi connectivity index (χ0n) is 9.02. The van der Waals surface area contributed by atoms with E-state index in [9.17, 15) is 0 Å². The van der Waals surface area contributed by atoms with Crippen LogP contribution in [0.15, 0.2) is 4.99 Å². The third kappa shape index (κ3) is 4.62. The zero-order valence-corrected chi connectivity index (χ0v) is 9.02. The fourth-order valence-electron chi connectivity index (χ4n) is 0.700. The van der Waals surface area contributed by atoms with Crippen molar-refractivity contribution in [2.75, 3.05) is 27.2 Å². The Balaban J connectivity index is 3.81. The van der Waals surface area contributed by atoms with Gasteiger partial charge in [-0.15, -0.1) is 0 Å². The van der Waals surface area contributed by atoms with Crippen molar-refractivity contribution in [2.45, 2.75) is 19.4 Å². The van der Waals surface area contributed by atoms with Gasteiger partial charge >= 0.3 is 0 Å². The molecule has 0 fully saturated rings. The van der Waals surface area contributed by atoms with Gasteiger partial charge in [0.15, 0.2) is 0 Å². The fourth-order valence-corrected chi connectivity index (χ4v) is 0.700. The Morgan fingerprint density at radius 2 is 2.08 bits per heavy atom. The summed E-state index contributed by atoms with van der Waals surface area (Å²) in [5, 5.41) is 10.7. The maximum Gasteiger partial charge on any atom is 0.121 e. The molecule has 0 amide bonds. The Morgan fingerprint density at radius 3 is 2.46 bits per heavy atom. The van der Waals surface area contributed by atoms with Crippen LogP contribution >= 0.6 is 0 Å². The molecule has 0 aromatic rings. The number of aliphatic imine (C=N–C) groups is 1. The summed E-state index contributed by atoms with van der Waals surface area (Å²) < 4.78 is 0. The lowest BCUT2D eigenvalue weighted by Gasteiger charge is -2.22. The van der Waals surface area contributed by atoms with E-state index >= 15 is 0 Å². The van der Waals surface area contributed by atoms with Crippen molar-refractivity contribution in [1.82, 2.24) is 10.2 Å². The summed E-state index contributed by atoms with van der Waals surface area (Å²) in [6.45, 7) is 8.87. The highest BCUT2D eigenvalue weighted by Crippen LogP contribution is 2.06. The summed E-state index contributed by atoms with van der Waals surface area (Å²) in [7, 11) is 4.00. The van der Waals surface area contributed by atoms with Gasteiger partial charge < -0.3 is 10.2 Å². The first kappa shape index (κ1) is 12.1. The van der Waals surface area contributed by atoms with Crippen molar-refractivity contribution in [3.8, 4) is 0 Å². The lowest BCUT2D eigenvalue weighted by Crippen LogP contribution is -2.42. The zero-order chi connectivity index (χ0) is 10.5. The van der Waals surface area contributed by atoms with Crippen LogP contribution in [0.4, 0.5) is 0 Å². The maximum absolute atomic E-state index is 7.67. The van der Waals surface area contributed by atoms with Crippen LogP contribution in [-0.4, -0.2) is 50.2 Å². The normalized spacial score (nSPS) is 11.5. The third-order valence-electron chi connectivity index (χ3n) is 1.87. The van der Waals surface area contributed by atoms with Gasteiger partial charge in [0.2, 0.25) is 0 Å². The van der Waals surface area contributed by atoms with Crippen LogP contribution in [-0.2, 0) is 0 Å². The predicted octanol–water partition coefficient (Wildman–Crippen LogP) is 0.594. The molecular formula is C9H20N4. The largest absolute Gasteiger partial charge is 0.371 e. The first-order valence-corrected chi connectivity index (χ1v) is 4.35. The van der Waals surface area contributed by atoms with Crippen molar-refractivity contribution in [2.24, 2.45) is 4.99 Å². The van der Waals surface area contributed by atoms with E-state index < -0.39 is 5.54 Å². The Bertz CT molecular complexity index is 184. The Kier molecular flexibility index (Phi) is 4.62. The second-order valence-electron chi connectivity index (χ2n) is 3.82. The van der Waals surface area contributed by atoms with E-state index in [4.69, 9.17) is 5.41 Å². The number of likely N-dealkylation sites (N-methyl/N-ethyl adjacent to an activating group) is 1. The molecule has 0 unspecified atom stereocenters. The minimum absolute atomic E-state index is 0.421. The van der Waals surface area contributed by atoms with E-state index in [0.717, 1.165) is 13.1 Å². The molecule has 0 aromatic heterocycles. The number of rotatable bonds is 5. The molecule has 0 radical (unpaired) electrons. The summed E-state index contributed by atoms with van der Waals surface area (Å²) in [6.07, 6.45) is 0. The number of nitrogens with zero attached hydrogens (tertiary/aromatic N) is 2. The molecule has 13 heavy (non-hydrogen) atoms. The number of hydrogen-bond donors (Lipinski definition) is 2. The van der Waals surface area contributed by atoms with Crippen molar-refractivity contribution in [3.05, 3.63) is 0 Å². The molecule has 0 rings (SSSR count). The summed E-state index contributed by atoms with van der Waals surface area (Å²) >= 11 is 0. The SMILES string of the molecule is C=NC(C)(C)C(=N)NCCN(C)C. The Morgan fingerprint density at radius 1 is 1.54 bits per heavy atom. The van der Waals surface area contributed by atoms with Crippen LogP contribution in [0.5, 0.6) is 0 Å². The molecule has 0 saturated heterocycles. The highest BCUT2D eigenvalue weighted by molar-refractivity contribution is 5.88. The van der Waals surface area contributed by atoms with Gasteiger partial charge in [0.05, 0.1) is 0 Å². The first-order valence-electron chi connectivity index (χ1n) is 4.35. The van der Waals surface area contributed by atoms with Gasteiger partial charge in [-0.1, -0.05) is 0 Å². The van der Waals surface area contributed by atoms with Gasteiger partial charge in [-0.2, -0.15) is 0 Å². The highest BCUT2D eigenvalue weighted by Gasteiger charge is 2.20. The minimum atomic E-state index is -0.494. The molecule has 0 aliphatic carbocycles. The van der Waals surface area contributed by atoms with Crippen molar-refractivity contribution in [3.63, 3.8) is 0 Å². The highest BCUT2D eigenvalue weighted by atomic mass is 15.1. The molecular weight excluding hydrogens is 164 g/mol. The van der Waals surface area contributed by atoms with Crippen molar-refractivity contribution < 1.29 is 0 Å². The number of nitrogens with one attached hydrogen (secondary N) is 2. The Hall–Kier alpha value is -0.900. The van der Waals surface area contributed by atoms with Gasteiger partial charge in [-0.3, -0.25) is 10.4 Å². The third-order valence-corrected chi connectivity index (χ3v) is 1.87. The number of hydrogen-bond acceptors (Lipinski definition) is 3. The molecule has 0 bridgehead atoms. The quantitative estimate of drug-likeness (QED) is 0.485. The number of amidine groups is 1. The van der Waals surface area contributed by atoms with Gasteiger partial charge in [-0.25, -0.2) is 0 Å². The van der Waals surface area contributed by atoms with E-state index in [1.165, 1.54) is 0 Å². The monoisotopic (exact) mass is 184 g/mol. The molecule has 0 spiro atoms. The topological polar surface area (TPSA) is 51.5 Å². The molecule has 0 saturated carbocycles. The molecule has 0 heterocycles. The van der Waals surface area contributed by atoms with E-state index in [-0.39, 0.29) is 0 Å². The maximum atomic E-state index is 7.67. The van der Waals surface area contributed by atoms with Crippen LogP contribution in [0, 0.1) is 5.41 Å². The van der Waals surface area contributed by atoms with E-state index in [1.807, 2.05) is 27.9 Å². The summed E-state index contributed by atoms with van der Waals surface area (Å²) in [5.41, 5.74) is -0.494. The second-order valence-corrected chi connectivity index (χ2v) is 3.82.